The molecule has 1 atom stereocenters. The van der Waals surface area contributed by atoms with E-state index >= 15 is 0 Å². The largest absolute Gasteiger partial charge is 0.366 e. The molecule has 3 heterocycles. The molecule has 4 rings (SSSR count). The minimum atomic E-state index is -2.93. The molecular weight excluding hydrogens is 386 g/mol. The molecule has 1 aromatic heterocycles. The molecule has 2 aliphatic heterocycles. The van der Waals surface area contributed by atoms with Crippen LogP contribution >= 0.6 is 0 Å². The third-order valence-corrected chi connectivity index (χ3v) is 7.74. The molecule has 0 radical (unpaired) electrons. The van der Waals surface area contributed by atoms with E-state index in [4.69, 9.17) is 10.4 Å². The highest BCUT2D eigenvalue weighted by atomic mass is 32.2. The van der Waals surface area contributed by atoms with E-state index in [0.717, 1.165) is 49.8 Å². The first-order valence-electron chi connectivity index (χ1n) is 10.1. The number of hydrogen-bond acceptors (Lipinski definition) is 6. The molecule has 0 N–H and O–H groups in total. The first-order valence-corrected chi connectivity index (χ1v) is 11.9. The molecule has 2 aromatic rings. The molecule has 0 saturated carbocycles. The molecule has 7 nitrogen and oxygen atoms in total. The molecule has 29 heavy (non-hydrogen) atoms. The van der Waals surface area contributed by atoms with Crippen LogP contribution in [0.3, 0.4) is 0 Å². The second-order valence-electron chi connectivity index (χ2n) is 8.10. The van der Waals surface area contributed by atoms with E-state index in [-0.39, 0.29) is 17.5 Å². The fraction of sp³-hybridized carbons (Fsp3) is 0.524. The molecule has 0 bridgehead atoms. The Labute approximate surface area is 172 Å². The van der Waals surface area contributed by atoms with E-state index in [1.165, 1.54) is 5.56 Å². The van der Waals surface area contributed by atoms with Gasteiger partial charge in [0.25, 0.3) is 0 Å². The average Bonchev–Trinajstić information content (AvgIpc) is 3.21. The van der Waals surface area contributed by atoms with Crippen LogP contribution in [0.5, 0.6) is 0 Å². The highest BCUT2D eigenvalue weighted by molar-refractivity contribution is 7.91. The van der Waals surface area contributed by atoms with Gasteiger partial charge in [-0.05, 0) is 38.0 Å². The number of nitrogens with zero attached hydrogens (tertiary/aromatic N) is 5. The molecule has 0 aliphatic carbocycles. The first-order chi connectivity index (χ1) is 13.9. The van der Waals surface area contributed by atoms with Crippen molar-refractivity contribution in [3.63, 3.8) is 0 Å². The number of piperazine rings is 1. The standard InChI is InChI=1S/C21H27N5O2S/c1-16-21(17(2)26(23-16)20-6-11-29(27,28)15-20)25-9-7-24(8-10-25)14-19-5-3-4-18(12-19)13-22/h3-5,12,20H,6-11,14-15H2,1-2H3. The minimum Gasteiger partial charge on any atom is -0.366 e. The quantitative estimate of drug-likeness (QED) is 0.763. The number of anilines is 1. The number of hydrogen-bond donors (Lipinski definition) is 0. The van der Waals surface area contributed by atoms with E-state index in [1.54, 1.807) is 0 Å². The van der Waals surface area contributed by atoms with E-state index in [1.807, 2.05) is 29.8 Å². The topological polar surface area (TPSA) is 82.2 Å². The zero-order valence-corrected chi connectivity index (χ0v) is 17.8. The summed E-state index contributed by atoms with van der Waals surface area (Å²) in [6, 6.07) is 9.96. The summed E-state index contributed by atoms with van der Waals surface area (Å²) in [5.74, 6) is 0.459. The van der Waals surface area contributed by atoms with Crippen molar-refractivity contribution in [2.45, 2.75) is 32.9 Å². The summed E-state index contributed by atoms with van der Waals surface area (Å²) in [6.07, 6.45) is 0.652. The monoisotopic (exact) mass is 413 g/mol. The van der Waals surface area contributed by atoms with Crippen LogP contribution in [-0.4, -0.2) is 60.8 Å². The van der Waals surface area contributed by atoms with E-state index in [0.29, 0.717) is 12.0 Å². The minimum absolute atomic E-state index is 0.0406. The Balaban J connectivity index is 1.43. The van der Waals surface area contributed by atoms with Crippen molar-refractivity contribution in [2.75, 3.05) is 42.6 Å². The number of rotatable bonds is 4. The maximum atomic E-state index is 11.9. The lowest BCUT2D eigenvalue weighted by Crippen LogP contribution is -2.46. The van der Waals surface area contributed by atoms with Crippen LogP contribution in [0.15, 0.2) is 24.3 Å². The second-order valence-corrected chi connectivity index (χ2v) is 10.3. The summed E-state index contributed by atoms with van der Waals surface area (Å²) < 4.78 is 25.7. The molecule has 8 heteroatoms. The third kappa shape index (κ3) is 4.16. The van der Waals surface area contributed by atoms with Gasteiger partial charge in [-0.25, -0.2) is 8.42 Å². The van der Waals surface area contributed by atoms with Crippen LogP contribution in [-0.2, 0) is 16.4 Å². The lowest BCUT2D eigenvalue weighted by molar-refractivity contribution is 0.249. The van der Waals surface area contributed by atoms with Gasteiger partial charge in [0.1, 0.15) is 0 Å². The maximum absolute atomic E-state index is 11.9. The number of aryl methyl sites for hydroxylation is 1. The Hall–Kier alpha value is -2.37. The Morgan fingerprint density at radius 2 is 1.97 bits per heavy atom. The summed E-state index contributed by atoms with van der Waals surface area (Å²) in [5, 5.41) is 13.8. The van der Waals surface area contributed by atoms with Crippen LogP contribution in [0.2, 0.25) is 0 Å². The summed E-state index contributed by atoms with van der Waals surface area (Å²) in [6.45, 7) is 8.63. The average molecular weight is 414 g/mol. The Kier molecular flexibility index (Phi) is 5.36. The highest BCUT2D eigenvalue weighted by Gasteiger charge is 2.32. The van der Waals surface area contributed by atoms with Gasteiger partial charge in [0.05, 0.1) is 46.3 Å². The van der Waals surface area contributed by atoms with Crippen molar-refractivity contribution in [3.8, 4) is 6.07 Å². The fourth-order valence-corrected chi connectivity index (χ4v) is 6.25. The molecule has 0 spiro atoms. The molecular formula is C21H27N5O2S. The van der Waals surface area contributed by atoms with Gasteiger partial charge in [-0.1, -0.05) is 12.1 Å². The number of nitriles is 1. The molecule has 154 valence electrons. The number of benzene rings is 1. The lowest BCUT2D eigenvalue weighted by atomic mass is 10.1. The molecule has 0 amide bonds. The van der Waals surface area contributed by atoms with Gasteiger partial charge >= 0.3 is 0 Å². The molecule has 2 saturated heterocycles. The van der Waals surface area contributed by atoms with E-state index in [2.05, 4.69) is 28.9 Å². The maximum Gasteiger partial charge on any atom is 0.152 e. The van der Waals surface area contributed by atoms with Gasteiger partial charge in [0, 0.05) is 32.7 Å². The Morgan fingerprint density at radius 1 is 1.21 bits per heavy atom. The van der Waals surface area contributed by atoms with E-state index in [9.17, 15) is 8.42 Å². The summed E-state index contributed by atoms with van der Waals surface area (Å²) >= 11 is 0. The van der Waals surface area contributed by atoms with Gasteiger partial charge in [0.15, 0.2) is 9.84 Å². The van der Waals surface area contributed by atoms with Gasteiger partial charge in [0.2, 0.25) is 0 Å². The summed E-state index contributed by atoms with van der Waals surface area (Å²) in [7, 11) is -2.93. The summed E-state index contributed by atoms with van der Waals surface area (Å²) in [5.41, 5.74) is 5.07. The molecule has 1 aromatic carbocycles. The number of aromatic nitrogens is 2. The van der Waals surface area contributed by atoms with Crippen LogP contribution in [0.4, 0.5) is 5.69 Å². The van der Waals surface area contributed by atoms with Crippen molar-refractivity contribution in [2.24, 2.45) is 0 Å². The summed E-state index contributed by atoms with van der Waals surface area (Å²) in [4.78, 5) is 4.78. The van der Waals surface area contributed by atoms with Crippen molar-refractivity contribution in [1.82, 2.24) is 14.7 Å². The van der Waals surface area contributed by atoms with Crippen molar-refractivity contribution < 1.29 is 8.42 Å². The predicted octanol–water partition coefficient (Wildman–Crippen LogP) is 2.05. The van der Waals surface area contributed by atoms with Crippen LogP contribution in [0.1, 0.15) is 35.0 Å². The van der Waals surface area contributed by atoms with Gasteiger partial charge in [-0.3, -0.25) is 9.58 Å². The van der Waals surface area contributed by atoms with Gasteiger partial charge in [-0.2, -0.15) is 10.4 Å². The molecule has 2 fully saturated rings. The highest BCUT2D eigenvalue weighted by Crippen LogP contribution is 2.31. The van der Waals surface area contributed by atoms with E-state index < -0.39 is 9.84 Å². The first kappa shape index (κ1) is 19.9. The zero-order chi connectivity index (χ0) is 20.6. The van der Waals surface area contributed by atoms with Crippen molar-refractivity contribution >= 4 is 15.5 Å². The van der Waals surface area contributed by atoms with Crippen molar-refractivity contribution in [3.05, 3.63) is 46.8 Å². The van der Waals surface area contributed by atoms with Crippen LogP contribution in [0, 0.1) is 25.2 Å². The van der Waals surface area contributed by atoms with Gasteiger partial charge in [-0.15, -0.1) is 0 Å². The SMILES string of the molecule is Cc1nn(C2CCS(=O)(=O)C2)c(C)c1N1CCN(Cc2cccc(C#N)c2)CC1. The predicted molar refractivity (Wildman–Crippen MR) is 113 cm³/mol. The fourth-order valence-electron chi connectivity index (χ4n) is 4.56. The smallest absolute Gasteiger partial charge is 0.152 e. The Bertz CT molecular complexity index is 1050. The lowest BCUT2D eigenvalue weighted by Gasteiger charge is -2.36. The molecule has 1 unspecified atom stereocenters. The Morgan fingerprint density at radius 3 is 2.62 bits per heavy atom. The van der Waals surface area contributed by atoms with Crippen molar-refractivity contribution in [1.29, 1.82) is 5.26 Å². The van der Waals surface area contributed by atoms with Crippen LogP contribution in [0.25, 0.3) is 0 Å². The normalized spacial score (nSPS) is 22.0. The van der Waals surface area contributed by atoms with Gasteiger partial charge < -0.3 is 4.90 Å². The second kappa shape index (κ2) is 7.81. The third-order valence-electron chi connectivity index (χ3n) is 5.99. The molecule has 2 aliphatic rings. The van der Waals surface area contributed by atoms with Crippen LogP contribution < -0.4 is 4.90 Å². The number of sulfone groups is 1. The zero-order valence-electron chi connectivity index (χ0n) is 17.0.